The van der Waals surface area contributed by atoms with Crippen LogP contribution >= 0.6 is 0 Å². The molecule has 0 aliphatic carbocycles. The van der Waals surface area contributed by atoms with Gasteiger partial charge in [0.2, 0.25) is 0 Å². The van der Waals surface area contributed by atoms with E-state index in [4.69, 9.17) is 47.4 Å². The molecule has 2 heterocycles. The van der Waals surface area contributed by atoms with Crippen molar-refractivity contribution in [3.05, 3.63) is 204 Å². The zero-order valence-corrected chi connectivity index (χ0v) is 36.9. The second-order valence-electron chi connectivity index (χ2n) is 16.2. The Bertz CT molecular complexity index is 2260. The molecule has 2 aliphatic rings. The quantitative estimate of drug-likeness (QED) is 0.0689. The van der Waals surface area contributed by atoms with Crippen molar-refractivity contribution in [3.63, 3.8) is 0 Å². The van der Waals surface area contributed by atoms with Gasteiger partial charge in [-0.3, -0.25) is 0 Å². The molecule has 12 nitrogen and oxygen atoms in total. The highest BCUT2D eigenvalue weighted by Gasteiger charge is 2.54. The van der Waals surface area contributed by atoms with Crippen LogP contribution in [0.4, 0.5) is 0 Å². The van der Waals surface area contributed by atoms with Gasteiger partial charge in [-0.25, -0.2) is 0 Å². The van der Waals surface area contributed by atoms with Crippen LogP contribution in [0.15, 0.2) is 176 Å². The summed E-state index contributed by atoms with van der Waals surface area (Å²) in [5.74, 6) is 1.18. The van der Waals surface area contributed by atoms with Gasteiger partial charge >= 0.3 is 0 Å². The second-order valence-corrected chi connectivity index (χ2v) is 16.2. The minimum Gasteiger partial charge on any atom is -0.497 e. The summed E-state index contributed by atoms with van der Waals surface area (Å²) in [6, 6.07) is 56.0. The van der Waals surface area contributed by atoms with E-state index in [1.54, 1.807) is 31.4 Å². The monoisotopic (exact) mass is 898 g/mol. The first-order valence-electron chi connectivity index (χ1n) is 22.3. The highest BCUT2D eigenvalue weighted by molar-refractivity contribution is 5.31. The van der Waals surface area contributed by atoms with Gasteiger partial charge in [-0.1, -0.05) is 152 Å². The molecule has 0 saturated carbocycles. The molecule has 8 rings (SSSR count). The molecule has 6 aromatic rings. The molecule has 0 spiro atoms. The fraction of sp³-hybridized carbons (Fsp3) is 0.333. The highest BCUT2D eigenvalue weighted by Crippen LogP contribution is 2.35. The number of aliphatic hydroxyl groups is 2. The van der Waals surface area contributed by atoms with Crippen molar-refractivity contribution in [2.45, 2.75) is 94.4 Å². The Morgan fingerprint density at radius 3 is 1.32 bits per heavy atom. The molecular formula is C54H58O12. The first-order chi connectivity index (χ1) is 32.5. The molecule has 0 bridgehead atoms. The lowest BCUT2D eigenvalue weighted by atomic mass is 9.96. The summed E-state index contributed by atoms with van der Waals surface area (Å²) >= 11 is 0. The van der Waals surface area contributed by atoms with Crippen molar-refractivity contribution in [1.29, 1.82) is 0 Å². The number of aliphatic hydroxyl groups excluding tert-OH is 2. The second kappa shape index (κ2) is 24.3. The van der Waals surface area contributed by atoms with Crippen molar-refractivity contribution >= 4 is 0 Å². The van der Waals surface area contributed by atoms with Crippen LogP contribution in [0.5, 0.6) is 11.5 Å². The maximum Gasteiger partial charge on any atom is 0.187 e. The molecule has 2 fully saturated rings. The van der Waals surface area contributed by atoms with E-state index in [1.165, 1.54) is 0 Å². The summed E-state index contributed by atoms with van der Waals surface area (Å²) in [5, 5.41) is 24.0. The van der Waals surface area contributed by atoms with Gasteiger partial charge in [0, 0.05) is 0 Å². The van der Waals surface area contributed by atoms with Gasteiger partial charge in [0.15, 0.2) is 12.6 Å². The van der Waals surface area contributed by atoms with Crippen LogP contribution in [0.1, 0.15) is 27.8 Å². The van der Waals surface area contributed by atoms with Crippen LogP contribution in [0.2, 0.25) is 0 Å². The van der Waals surface area contributed by atoms with Gasteiger partial charge in [0.05, 0.1) is 46.8 Å². The average Bonchev–Trinajstić information content (AvgIpc) is 3.37. The summed E-state index contributed by atoms with van der Waals surface area (Å²) in [4.78, 5) is 0. The minimum atomic E-state index is -1.53. The molecule has 0 radical (unpaired) electrons. The lowest BCUT2D eigenvalue weighted by Gasteiger charge is -2.49. The zero-order valence-electron chi connectivity index (χ0n) is 36.9. The SMILES string of the molecule is COc1ccc(OC[C@H]2O[C@H](O)[C@H](OCc3ccccc3)[C@@H](O[C@@H]3O[C@H](COCc4ccccc4)[C@@H](OCc4ccccc4)[C@H](OCc4ccccc4)[C@H]3OCc3ccccc3)[C@@H]2O)cc1. The molecule has 6 aromatic carbocycles. The maximum absolute atomic E-state index is 12.3. The fourth-order valence-corrected chi connectivity index (χ4v) is 8.01. The van der Waals surface area contributed by atoms with E-state index in [0.717, 1.165) is 27.8 Å². The first-order valence-corrected chi connectivity index (χ1v) is 22.3. The van der Waals surface area contributed by atoms with E-state index in [1.807, 2.05) is 152 Å². The Morgan fingerprint density at radius 1 is 0.409 bits per heavy atom. The van der Waals surface area contributed by atoms with Gasteiger partial charge in [0.1, 0.15) is 66.9 Å². The van der Waals surface area contributed by atoms with Crippen molar-refractivity contribution in [2.75, 3.05) is 20.3 Å². The number of hydrogen-bond acceptors (Lipinski definition) is 12. The molecule has 0 unspecified atom stereocenters. The number of rotatable bonds is 22. The molecule has 0 aromatic heterocycles. The smallest absolute Gasteiger partial charge is 0.187 e. The summed E-state index contributed by atoms with van der Waals surface area (Å²) in [7, 11) is 1.59. The molecular weight excluding hydrogens is 841 g/mol. The minimum absolute atomic E-state index is 0.0933. The average molecular weight is 899 g/mol. The first kappa shape index (κ1) is 47.0. The number of methoxy groups -OCH3 is 1. The fourth-order valence-electron chi connectivity index (χ4n) is 8.01. The molecule has 10 atom stereocenters. The predicted octanol–water partition coefficient (Wildman–Crippen LogP) is 7.82. The third-order valence-corrected chi connectivity index (χ3v) is 11.5. The summed E-state index contributed by atoms with van der Waals surface area (Å²) < 4.78 is 64.8. The van der Waals surface area contributed by atoms with E-state index < -0.39 is 61.4 Å². The van der Waals surface area contributed by atoms with E-state index in [-0.39, 0.29) is 39.6 Å². The molecule has 66 heavy (non-hydrogen) atoms. The lowest BCUT2D eigenvalue weighted by Crippen LogP contribution is -2.66. The van der Waals surface area contributed by atoms with Crippen LogP contribution in [0.3, 0.4) is 0 Å². The van der Waals surface area contributed by atoms with E-state index in [0.29, 0.717) is 18.1 Å². The van der Waals surface area contributed by atoms with Crippen molar-refractivity contribution in [2.24, 2.45) is 0 Å². The van der Waals surface area contributed by atoms with E-state index in [9.17, 15) is 10.2 Å². The summed E-state index contributed by atoms with van der Waals surface area (Å²) in [6.45, 7) is 1.03. The molecule has 2 aliphatic heterocycles. The van der Waals surface area contributed by atoms with Crippen LogP contribution < -0.4 is 9.47 Å². The van der Waals surface area contributed by atoms with Crippen LogP contribution in [0.25, 0.3) is 0 Å². The van der Waals surface area contributed by atoms with Gasteiger partial charge in [-0.15, -0.1) is 0 Å². The van der Waals surface area contributed by atoms with Gasteiger partial charge in [0.25, 0.3) is 0 Å². The highest BCUT2D eigenvalue weighted by atomic mass is 16.7. The zero-order chi connectivity index (χ0) is 45.3. The van der Waals surface area contributed by atoms with E-state index >= 15 is 0 Å². The van der Waals surface area contributed by atoms with Gasteiger partial charge < -0.3 is 57.6 Å². The Kier molecular flexibility index (Phi) is 17.3. The van der Waals surface area contributed by atoms with Crippen molar-refractivity contribution in [1.82, 2.24) is 0 Å². The molecule has 0 amide bonds. The number of benzene rings is 6. The Labute approximate surface area is 386 Å². The Balaban J connectivity index is 1.14. The molecule has 12 heteroatoms. The Hall–Kier alpha value is -5.48. The largest absolute Gasteiger partial charge is 0.497 e. The normalized spacial score (nSPS) is 25.3. The predicted molar refractivity (Wildman–Crippen MR) is 245 cm³/mol. The van der Waals surface area contributed by atoms with Crippen molar-refractivity contribution < 1.29 is 57.6 Å². The summed E-state index contributed by atoms with van der Waals surface area (Å²) in [6.07, 6.45) is -10.8. The maximum atomic E-state index is 12.3. The third kappa shape index (κ3) is 13.1. The van der Waals surface area contributed by atoms with Crippen LogP contribution in [-0.2, 0) is 70.9 Å². The van der Waals surface area contributed by atoms with Gasteiger partial charge in [-0.05, 0) is 52.1 Å². The van der Waals surface area contributed by atoms with Crippen LogP contribution in [0, 0.1) is 0 Å². The number of ether oxygens (including phenoxy) is 10. The topological polar surface area (TPSA) is 133 Å². The van der Waals surface area contributed by atoms with E-state index in [2.05, 4.69) is 0 Å². The molecule has 2 N–H and O–H groups in total. The Morgan fingerprint density at radius 2 is 0.833 bits per heavy atom. The summed E-state index contributed by atoms with van der Waals surface area (Å²) in [5.41, 5.74) is 4.66. The standard InChI is InChI=1S/C54H58O12/c1-57-43-27-29-44(30-28-43)59-37-45-47(55)49(51(53(56)64-45)62-34-41-23-13-5-14-24-41)66-54-52(63-35-42-25-15-6-16-26-42)50(61-33-40-21-11-4-12-22-40)48(60-32-39-19-9-3-10-20-39)46(65-54)36-58-31-38-17-7-2-8-18-38/h2-30,45-56H,31-37H2,1H3/t45-,46-,47-,48-,49+,50+,51-,52-,53+,54+/m1/s1. The lowest BCUT2D eigenvalue weighted by molar-refractivity contribution is -0.371. The van der Waals surface area contributed by atoms with Crippen molar-refractivity contribution in [3.8, 4) is 11.5 Å². The van der Waals surface area contributed by atoms with Crippen LogP contribution in [-0.4, -0.2) is 91.9 Å². The molecule has 2 saturated heterocycles. The molecule has 346 valence electrons. The van der Waals surface area contributed by atoms with Gasteiger partial charge in [-0.2, -0.15) is 0 Å². The third-order valence-electron chi connectivity index (χ3n) is 11.5. The number of hydrogen-bond donors (Lipinski definition) is 2.